The number of nitrogens with one attached hydrogen (secondary N) is 1. The molecule has 0 radical (unpaired) electrons. The van der Waals surface area contributed by atoms with Crippen LogP contribution >= 0.6 is 23.1 Å². The highest BCUT2D eigenvalue weighted by Gasteiger charge is 2.13. The molecule has 18 heavy (non-hydrogen) atoms. The van der Waals surface area contributed by atoms with Gasteiger partial charge in [0, 0.05) is 23.3 Å². The fourth-order valence-electron chi connectivity index (χ4n) is 1.19. The van der Waals surface area contributed by atoms with Gasteiger partial charge in [0.05, 0.1) is 10.7 Å². The van der Waals surface area contributed by atoms with E-state index in [9.17, 15) is 9.59 Å². The zero-order valence-electron chi connectivity index (χ0n) is 10.3. The Morgan fingerprint density at radius 1 is 1.61 bits per heavy atom. The molecule has 1 aromatic heterocycles. The number of carboxylic acids is 1. The van der Waals surface area contributed by atoms with Crippen molar-refractivity contribution in [2.24, 2.45) is 0 Å². The number of hydrogen-bond acceptors (Lipinski definition) is 5. The van der Waals surface area contributed by atoms with E-state index in [0.29, 0.717) is 12.2 Å². The summed E-state index contributed by atoms with van der Waals surface area (Å²) in [5.41, 5.74) is 1.03. The molecular weight excluding hydrogens is 272 g/mol. The monoisotopic (exact) mass is 288 g/mol. The number of carbonyl (C=O) groups excluding carboxylic acids is 1. The smallest absolute Gasteiger partial charge is 0.325 e. The van der Waals surface area contributed by atoms with Gasteiger partial charge in [-0.05, 0) is 13.8 Å². The predicted octanol–water partition coefficient (Wildman–Crippen LogP) is 1.66. The van der Waals surface area contributed by atoms with Crippen LogP contribution in [0.25, 0.3) is 0 Å². The molecule has 0 saturated heterocycles. The van der Waals surface area contributed by atoms with Gasteiger partial charge in [0.2, 0.25) is 5.91 Å². The van der Waals surface area contributed by atoms with Crippen LogP contribution in [0.5, 0.6) is 0 Å². The van der Waals surface area contributed by atoms with E-state index in [1.165, 1.54) is 6.92 Å². The van der Waals surface area contributed by atoms with Crippen LogP contribution in [-0.4, -0.2) is 33.8 Å². The largest absolute Gasteiger partial charge is 0.480 e. The fourth-order valence-corrected chi connectivity index (χ4v) is 2.74. The number of hydrogen-bond donors (Lipinski definition) is 2. The van der Waals surface area contributed by atoms with Gasteiger partial charge in [-0.1, -0.05) is 0 Å². The molecule has 7 heteroatoms. The van der Waals surface area contributed by atoms with Gasteiger partial charge >= 0.3 is 5.97 Å². The molecule has 0 spiro atoms. The first-order valence-electron chi connectivity index (χ1n) is 5.50. The summed E-state index contributed by atoms with van der Waals surface area (Å²) in [6.45, 7) is 3.41. The molecule has 100 valence electrons. The topological polar surface area (TPSA) is 79.3 Å². The third-order valence-electron chi connectivity index (χ3n) is 2.14. The van der Waals surface area contributed by atoms with Gasteiger partial charge in [-0.3, -0.25) is 9.59 Å². The van der Waals surface area contributed by atoms with E-state index in [-0.39, 0.29) is 5.91 Å². The van der Waals surface area contributed by atoms with Crippen molar-refractivity contribution in [1.29, 1.82) is 0 Å². The van der Waals surface area contributed by atoms with E-state index in [1.807, 2.05) is 12.3 Å². The summed E-state index contributed by atoms with van der Waals surface area (Å²) in [5.74, 6) is 0.196. The maximum absolute atomic E-state index is 11.4. The summed E-state index contributed by atoms with van der Waals surface area (Å²) < 4.78 is 0. The van der Waals surface area contributed by atoms with Gasteiger partial charge in [-0.25, -0.2) is 4.98 Å². The molecule has 0 unspecified atom stereocenters. The Labute approximate surface area is 114 Å². The highest BCUT2D eigenvalue weighted by atomic mass is 32.2. The SMILES string of the molecule is Cc1nc(CSCCC(=O)N[C@@H](C)C(=O)O)cs1. The number of carbonyl (C=O) groups is 2. The van der Waals surface area contributed by atoms with E-state index < -0.39 is 12.0 Å². The number of aromatic nitrogens is 1. The second-order valence-electron chi connectivity index (χ2n) is 3.79. The van der Waals surface area contributed by atoms with Gasteiger partial charge < -0.3 is 10.4 Å². The molecule has 0 fully saturated rings. The Hall–Kier alpha value is -1.08. The molecule has 0 saturated carbocycles. The van der Waals surface area contributed by atoms with Crippen LogP contribution < -0.4 is 5.32 Å². The van der Waals surface area contributed by atoms with Gasteiger partial charge in [0.1, 0.15) is 6.04 Å². The van der Waals surface area contributed by atoms with Crippen molar-refractivity contribution in [1.82, 2.24) is 10.3 Å². The van der Waals surface area contributed by atoms with E-state index in [4.69, 9.17) is 5.11 Å². The maximum atomic E-state index is 11.4. The Kier molecular flexibility index (Phi) is 6.14. The maximum Gasteiger partial charge on any atom is 0.325 e. The van der Waals surface area contributed by atoms with Gasteiger partial charge in [0.15, 0.2) is 0 Å². The number of nitrogens with zero attached hydrogens (tertiary/aromatic N) is 1. The zero-order valence-corrected chi connectivity index (χ0v) is 11.9. The molecule has 1 heterocycles. The van der Waals surface area contributed by atoms with Crippen LogP contribution in [0.15, 0.2) is 5.38 Å². The highest BCUT2D eigenvalue weighted by molar-refractivity contribution is 7.98. The third-order valence-corrected chi connectivity index (χ3v) is 3.95. The first kappa shape index (κ1) is 15.0. The van der Waals surface area contributed by atoms with Crippen molar-refractivity contribution < 1.29 is 14.7 Å². The number of aliphatic carboxylic acids is 1. The first-order chi connectivity index (χ1) is 8.49. The van der Waals surface area contributed by atoms with Gasteiger partial charge in [0.25, 0.3) is 0 Å². The second-order valence-corrected chi connectivity index (χ2v) is 5.96. The molecule has 0 aliphatic heterocycles. The van der Waals surface area contributed by atoms with Crippen LogP contribution in [0.3, 0.4) is 0 Å². The molecule has 1 atom stereocenters. The number of amides is 1. The van der Waals surface area contributed by atoms with Crippen molar-refractivity contribution in [2.75, 3.05) is 5.75 Å². The van der Waals surface area contributed by atoms with Gasteiger partial charge in [-0.15, -0.1) is 11.3 Å². The summed E-state index contributed by atoms with van der Waals surface area (Å²) in [7, 11) is 0. The Morgan fingerprint density at radius 3 is 2.89 bits per heavy atom. The number of thioether (sulfide) groups is 1. The predicted molar refractivity (Wildman–Crippen MR) is 72.9 cm³/mol. The standard InChI is InChI=1S/C11H16N2O3S2/c1-7(11(15)16)12-10(14)3-4-17-5-9-6-18-8(2)13-9/h6-7H,3-5H2,1-2H3,(H,12,14)(H,15,16)/t7-/m0/s1. The van der Waals surface area contributed by atoms with Crippen LogP contribution in [0.1, 0.15) is 24.0 Å². The van der Waals surface area contributed by atoms with Crippen LogP contribution in [0.4, 0.5) is 0 Å². The zero-order chi connectivity index (χ0) is 13.5. The average molecular weight is 288 g/mol. The van der Waals surface area contributed by atoms with Crippen molar-refractivity contribution >= 4 is 35.0 Å². The van der Waals surface area contributed by atoms with Crippen molar-refractivity contribution in [3.05, 3.63) is 16.1 Å². The van der Waals surface area contributed by atoms with Crippen molar-refractivity contribution in [2.45, 2.75) is 32.1 Å². The summed E-state index contributed by atoms with van der Waals surface area (Å²) in [5, 5.41) is 14.1. The summed E-state index contributed by atoms with van der Waals surface area (Å²) in [4.78, 5) is 26.2. The van der Waals surface area contributed by atoms with Crippen LogP contribution in [0, 0.1) is 6.92 Å². The molecule has 5 nitrogen and oxygen atoms in total. The van der Waals surface area contributed by atoms with E-state index in [2.05, 4.69) is 10.3 Å². The number of rotatable bonds is 7. The van der Waals surface area contributed by atoms with Crippen molar-refractivity contribution in [3.63, 3.8) is 0 Å². The molecule has 0 bridgehead atoms. The lowest BCUT2D eigenvalue weighted by Gasteiger charge is -2.08. The van der Waals surface area contributed by atoms with Crippen molar-refractivity contribution in [3.8, 4) is 0 Å². The van der Waals surface area contributed by atoms with Crippen LogP contribution in [-0.2, 0) is 15.3 Å². The van der Waals surface area contributed by atoms with Gasteiger partial charge in [-0.2, -0.15) is 11.8 Å². The summed E-state index contributed by atoms with van der Waals surface area (Å²) >= 11 is 3.23. The summed E-state index contributed by atoms with van der Waals surface area (Å²) in [6.07, 6.45) is 0.325. The summed E-state index contributed by atoms with van der Waals surface area (Å²) in [6, 6.07) is -0.830. The Morgan fingerprint density at radius 2 is 2.33 bits per heavy atom. The average Bonchev–Trinajstić information content (AvgIpc) is 2.70. The molecule has 1 rings (SSSR count). The van der Waals surface area contributed by atoms with E-state index in [0.717, 1.165) is 16.5 Å². The van der Waals surface area contributed by atoms with E-state index in [1.54, 1.807) is 23.1 Å². The quantitative estimate of drug-likeness (QED) is 0.746. The molecule has 0 aliphatic rings. The number of thiazole rings is 1. The Bertz CT molecular complexity index is 420. The molecule has 0 aliphatic carbocycles. The molecule has 1 aromatic rings. The number of aryl methyl sites for hydroxylation is 1. The lowest BCUT2D eigenvalue weighted by atomic mass is 10.3. The second kappa shape index (κ2) is 7.38. The number of carboxylic acid groups (broad SMARTS) is 1. The lowest BCUT2D eigenvalue weighted by molar-refractivity contribution is -0.141. The molecule has 2 N–H and O–H groups in total. The minimum absolute atomic E-state index is 0.230. The minimum Gasteiger partial charge on any atom is -0.480 e. The third kappa shape index (κ3) is 5.50. The van der Waals surface area contributed by atoms with E-state index >= 15 is 0 Å². The minimum atomic E-state index is -1.02. The highest BCUT2D eigenvalue weighted by Crippen LogP contribution is 2.15. The molecular formula is C11H16N2O3S2. The Balaban J connectivity index is 2.14. The first-order valence-corrected chi connectivity index (χ1v) is 7.53. The lowest BCUT2D eigenvalue weighted by Crippen LogP contribution is -2.38. The molecule has 0 aromatic carbocycles. The normalized spacial score (nSPS) is 12.1. The molecule has 1 amide bonds. The van der Waals surface area contributed by atoms with Crippen LogP contribution in [0.2, 0.25) is 0 Å². The fraction of sp³-hybridized carbons (Fsp3) is 0.545.